The lowest BCUT2D eigenvalue weighted by molar-refractivity contribution is -0.142. The molecule has 1 aliphatic carbocycles. The van der Waals surface area contributed by atoms with Crippen LogP contribution < -0.4 is 15.0 Å². The number of nitrogens with one attached hydrogen (secondary N) is 1. The van der Waals surface area contributed by atoms with Crippen molar-refractivity contribution in [3.05, 3.63) is 24.3 Å². The molecular formula is C22H30N4O4. The second-order valence-corrected chi connectivity index (χ2v) is 8.43. The fourth-order valence-corrected chi connectivity index (χ4v) is 4.87. The summed E-state index contributed by atoms with van der Waals surface area (Å²) in [5.74, 6) is 0.415. The van der Waals surface area contributed by atoms with E-state index in [1.807, 2.05) is 24.3 Å². The number of nitrogens with zero attached hydrogens (tertiary/aromatic N) is 3. The van der Waals surface area contributed by atoms with Crippen molar-refractivity contribution in [2.75, 3.05) is 38.2 Å². The molecule has 1 aromatic rings. The third-order valence-corrected chi connectivity index (χ3v) is 6.64. The quantitative estimate of drug-likeness (QED) is 0.762. The summed E-state index contributed by atoms with van der Waals surface area (Å²) in [7, 11) is 1.64. The number of urea groups is 1. The number of anilines is 1. The van der Waals surface area contributed by atoms with Gasteiger partial charge < -0.3 is 19.9 Å². The van der Waals surface area contributed by atoms with Crippen LogP contribution in [0.25, 0.3) is 0 Å². The standard InChI is InChI=1S/C22H30N4O4/c1-16(26-20(28)22(23-21(26)29)10-3-4-11-22)19(27)25-13-5-12-24(14-15-25)17-6-8-18(30-2)9-7-17/h6-9,16H,3-5,10-15H2,1-2H3,(H,23,29). The van der Waals surface area contributed by atoms with Crippen LogP contribution in [0.4, 0.5) is 10.5 Å². The molecule has 8 heteroatoms. The summed E-state index contributed by atoms with van der Waals surface area (Å²) in [6, 6.07) is 6.69. The highest BCUT2D eigenvalue weighted by molar-refractivity contribution is 6.10. The number of carbonyl (C=O) groups is 3. The molecule has 1 atom stereocenters. The molecule has 2 aliphatic heterocycles. The van der Waals surface area contributed by atoms with E-state index in [1.54, 1.807) is 18.9 Å². The second kappa shape index (κ2) is 8.16. The molecule has 1 spiro atoms. The van der Waals surface area contributed by atoms with Gasteiger partial charge in [0, 0.05) is 31.9 Å². The minimum Gasteiger partial charge on any atom is -0.497 e. The normalized spacial score (nSPS) is 22.3. The van der Waals surface area contributed by atoms with E-state index in [1.165, 1.54) is 0 Å². The van der Waals surface area contributed by atoms with Gasteiger partial charge in [-0.3, -0.25) is 9.59 Å². The van der Waals surface area contributed by atoms with Crippen LogP contribution in [0.15, 0.2) is 24.3 Å². The fourth-order valence-electron chi connectivity index (χ4n) is 4.87. The van der Waals surface area contributed by atoms with Gasteiger partial charge in [0.2, 0.25) is 5.91 Å². The first-order valence-corrected chi connectivity index (χ1v) is 10.8. The first kappa shape index (κ1) is 20.5. The van der Waals surface area contributed by atoms with Gasteiger partial charge in [-0.1, -0.05) is 12.8 Å². The third-order valence-electron chi connectivity index (χ3n) is 6.64. The van der Waals surface area contributed by atoms with Crippen molar-refractivity contribution in [2.24, 2.45) is 0 Å². The molecule has 162 valence electrons. The Labute approximate surface area is 177 Å². The molecular weight excluding hydrogens is 384 g/mol. The summed E-state index contributed by atoms with van der Waals surface area (Å²) in [6.07, 6.45) is 4.00. The third kappa shape index (κ3) is 3.59. The molecule has 4 amide bonds. The van der Waals surface area contributed by atoms with E-state index in [2.05, 4.69) is 10.2 Å². The van der Waals surface area contributed by atoms with Crippen LogP contribution >= 0.6 is 0 Å². The topological polar surface area (TPSA) is 82.2 Å². The van der Waals surface area contributed by atoms with Gasteiger partial charge in [-0.15, -0.1) is 0 Å². The van der Waals surface area contributed by atoms with Crippen molar-refractivity contribution in [2.45, 2.75) is 50.6 Å². The highest BCUT2D eigenvalue weighted by Gasteiger charge is 2.54. The summed E-state index contributed by atoms with van der Waals surface area (Å²) < 4.78 is 5.22. The van der Waals surface area contributed by atoms with Gasteiger partial charge in [0.05, 0.1) is 7.11 Å². The Kier molecular flexibility index (Phi) is 5.58. The summed E-state index contributed by atoms with van der Waals surface area (Å²) >= 11 is 0. The molecule has 8 nitrogen and oxygen atoms in total. The van der Waals surface area contributed by atoms with Gasteiger partial charge in [-0.05, 0) is 50.5 Å². The molecule has 3 fully saturated rings. The molecule has 1 unspecified atom stereocenters. The molecule has 3 aliphatic rings. The zero-order valence-corrected chi connectivity index (χ0v) is 17.7. The maximum Gasteiger partial charge on any atom is 0.325 e. The van der Waals surface area contributed by atoms with Gasteiger partial charge in [-0.2, -0.15) is 0 Å². The number of benzene rings is 1. The van der Waals surface area contributed by atoms with Crippen molar-refractivity contribution in [3.8, 4) is 5.75 Å². The van der Waals surface area contributed by atoms with Crippen molar-refractivity contribution < 1.29 is 19.1 Å². The number of amides is 4. The Morgan fingerprint density at radius 3 is 2.40 bits per heavy atom. The van der Waals surface area contributed by atoms with Crippen LogP contribution in [0.1, 0.15) is 39.0 Å². The van der Waals surface area contributed by atoms with Gasteiger partial charge in [0.1, 0.15) is 17.3 Å². The molecule has 0 bridgehead atoms. The van der Waals surface area contributed by atoms with E-state index in [0.717, 1.165) is 42.1 Å². The molecule has 30 heavy (non-hydrogen) atoms. The average Bonchev–Trinajstić information content (AvgIpc) is 3.21. The Balaban J connectivity index is 1.41. The van der Waals surface area contributed by atoms with Gasteiger partial charge in [0.15, 0.2) is 0 Å². The minimum atomic E-state index is -0.787. The minimum absolute atomic E-state index is 0.162. The van der Waals surface area contributed by atoms with Gasteiger partial charge in [0.25, 0.3) is 5.91 Å². The monoisotopic (exact) mass is 414 g/mol. The van der Waals surface area contributed by atoms with E-state index >= 15 is 0 Å². The SMILES string of the molecule is COc1ccc(N2CCCN(C(=O)C(C)N3C(=O)NC4(CCCC4)C3=O)CC2)cc1. The van der Waals surface area contributed by atoms with Crippen LogP contribution in [0.2, 0.25) is 0 Å². The number of imide groups is 1. The number of hydrogen-bond acceptors (Lipinski definition) is 5. The lowest BCUT2D eigenvalue weighted by atomic mass is 9.97. The van der Waals surface area contributed by atoms with E-state index in [9.17, 15) is 14.4 Å². The molecule has 4 rings (SSSR count). The molecule has 1 aromatic carbocycles. The number of carbonyl (C=O) groups excluding carboxylic acids is 3. The fraction of sp³-hybridized carbons (Fsp3) is 0.591. The van der Waals surface area contributed by atoms with Crippen LogP contribution in [0.5, 0.6) is 5.75 Å². The Bertz CT molecular complexity index is 819. The highest BCUT2D eigenvalue weighted by atomic mass is 16.5. The van der Waals surface area contributed by atoms with E-state index < -0.39 is 17.6 Å². The number of methoxy groups -OCH3 is 1. The maximum atomic E-state index is 13.2. The number of rotatable bonds is 4. The molecule has 0 radical (unpaired) electrons. The van der Waals surface area contributed by atoms with E-state index in [0.29, 0.717) is 32.5 Å². The zero-order valence-electron chi connectivity index (χ0n) is 17.7. The van der Waals surface area contributed by atoms with Crippen molar-refractivity contribution in [1.29, 1.82) is 0 Å². The first-order valence-electron chi connectivity index (χ1n) is 10.8. The first-order chi connectivity index (χ1) is 14.4. The molecule has 1 N–H and O–H groups in total. The largest absolute Gasteiger partial charge is 0.497 e. The smallest absolute Gasteiger partial charge is 0.325 e. The molecule has 2 heterocycles. The van der Waals surface area contributed by atoms with Crippen molar-refractivity contribution in [3.63, 3.8) is 0 Å². The summed E-state index contributed by atoms with van der Waals surface area (Å²) in [5.41, 5.74) is 0.311. The average molecular weight is 415 g/mol. The predicted molar refractivity (Wildman–Crippen MR) is 112 cm³/mol. The van der Waals surface area contributed by atoms with Gasteiger partial charge in [-0.25, -0.2) is 9.69 Å². The summed E-state index contributed by atoms with van der Waals surface area (Å²) in [5, 5.41) is 2.87. The van der Waals surface area contributed by atoms with E-state index in [-0.39, 0.29) is 11.8 Å². The molecule has 0 aromatic heterocycles. The highest BCUT2D eigenvalue weighted by Crippen LogP contribution is 2.36. The van der Waals surface area contributed by atoms with Crippen molar-refractivity contribution >= 4 is 23.5 Å². The Morgan fingerprint density at radius 2 is 1.73 bits per heavy atom. The predicted octanol–water partition coefficient (Wildman–Crippen LogP) is 1.99. The Morgan fingerprint density at radius 1 is 1.03 bits per heavy atom. The maximum absolute atomic E-state index is 13.2. The Hall–Kier alpha value is -2.77. The van der Waals surface area contributed by atoms with Crippen LogP contribution in [0, 0.1) is 0 Å². The van der Waals surface area contributed by atoms with Crippen LogP contribution in [0.3, 0.4) is 0 Å². The second-order valence-electron chi connectivity index (χ2n) is 8.43. The van der Waals surface area contributed by atoms with E-state index in [4.69, 9.17) is 4.74 Å². The summed E-state index contributed by atoms with van der Waals surface area (Å²) in [6.45, 7) is 4.39. The summed E-state index contributed by atoms with van der Waals surface area (Å²) in [4.78, 5) is 43.9. The zero-order chi connectivity index (χ0) is 21.3. The van der Waals surface area contributed by atoms with Crippen LogP contribution in [-0.2, 0) is 9.59 Å². The number of ether oxygens (including phenoxy) is 1. The lowest BCUT2D eigenvalue weighted by Crippen LogP contribution is -2.51. The lowest BCUT2D eigenvalue weighted by Gasteiger charge is -2.29. The van der Waals surface area contributed by atoms with Gasteiger partial charge >= 0.3 is 6.03 Å². The molecule has 1 saturated carbocycles. The number of hydrogen-bond donors (Lipinski definition) is 1. The van der Waals surface area contributed by atoms with Crippen LogP contribution in [-0.4, -0.2) is 72.5 Å². The van der Waals surface area contributed by atoms with Crippen molar-refractivity contribution in [1.82, 2.24) is 15.1 Å². The molecule has 2 saturated heterocycles.